The van der Waals surface area contributed by atoms with Crippen LogP contribution < -0.4 is 5.32 Å². The molecule has 2 aromatic carbocycles. The molecule has 2 fully saturated rings. The van der Waals surface area contributed by atoms with Gasteiger partial charge in [-0.3, -0.25) is 4.79 Å². The van der Waals surface area contributed by atoms with Crippen molar-refractivity contribution in [1.82, 2.24) is 10.2 Å². The molecule has 0 saturated carbocycles. The van der Waals surface area contributed by atoms with E-state index in [-0.39, 0.29) is 17.4 Å². The zero-order valence-electron chi connectivity index (χ0n) is 15.8. The standard InChI is InChI=1S/C23H28N2O2/c26-22(16-21-17-27-15-13-24-21)25-14-7-12-23(18-25,19-8-3-1-4-9-19)20-10-5-2-6-11-20/h1-6,8-11,21,24H,7,12-18H2/t21-/m1/s1. The lowest BCUT2D eigenvalue weighted by atomic mass is 9.69. The van der Waals surface area contributed by atoms with Crippen LogP contribution in [0.1, 0.15) is 30.4 Å². The lowest BCUT2D eigenvalue weighted by Crippen LogP contribution is -2.51. The number of carbonyl (C=O) groups excluding carboxylic acids is 1. The van der Waals surface area contributed by atoms with Gasteiger partial charge in [0, 0.05) is 37.5 Å². The van der Waals surface area contributed by atoms with Crippen LogP contribution in [0.25, 0.3) is 0 Å². The summed E-state index contributed by atoms with van der Waals surface area (Å²) in [5, 5.41) is 3.40. The van der Waals surface area contributed by atoms with Crippen LogP contribution >= 0.6 is 0 Å². The molecule has 0 aromatic heterocycles. The van der Waals surface area contributed by atoms with Gasteiger partial charge in [-0.2, -0.15) is 0 Å². The second-order valence-corrected chi connectivity index (χ2v) is 7.66. The molecule has 2 aliphatic heterocycles. The van der Waals surface area contributed by atoms with Crippen LogP contribution in [0, 0.1) is 0 Å². The van der Waals surface area contributed by atoms with Gasteiger partial charge in [0.2, 0.25) is 5.91 Å². The number of ether oxygens (including phenoxy) is 1. The smallest absolute Gasteiger partial charge is 0.224 e. The first kappa shape index (κ1) is 18.2. The van der Waals surface area contributed by atoms with Gasteiger partial charge in [0.05, 0.1) is 13.2 Å². The minimum Gasteiger partial charge on any atom is -0.378 e. The normalized spacial score (nSPS) is 22.4. The number of nitrogens with zero attached hydrogens (tertiary/aromatic N) is 1. The number of amides is 1. The van der Waals surface area contributed by atoms with Crippen molar-refractivity contribution in [3.05, 3.63) is 71.8 Å². The number of rotatable bonds is 4. The minimum atomic E-state index is -0.132. The summed E-state index contributed by atoms with van der Waals surface area (Å²) < 4.78 is 5.52. The molecule has 1 amide bonds. The maximum Gasteiger partial charge on any atom is 0.224 e. The summed E-state index contributed by atoms with van der Waals surface area (Å²) in [6.45, 7) is 3.78. The molecular weight excluding hydrogens is 336 g/mol. The van der Waals surface area contributed by atoms with Gasteiger partial charge in [0.1, 0.15) is 0 Å². The van der Waals surface area contributed by atoms with Crippen molar-refractivity contribution in [2.24, 2.45) is 0 Å². The van der Waals surface area contributed by atoms with E-state index in [0.29, 0.717) is 13.0 Å². The quantitative estimate of drug-likeness (QED) is 0.907. The van der Waals surface area contributed by atoms with Crippen molar-refractivity contribution in [1.29, 1.82) is 0 Å². The third-order valence-electron chi connectivity index (χ3n) is 5.92. The Morgan fingerprint density at radius 3 is 2.33 bits per heavy atom. The minimum absolute atomic E-state index is 0.132. The maximum absolute atomic E-state index is 13.0. The van der Waals surface area contributed by atoms with Crippen molar-refractivity contribution in [2.75, 3.05) is 32.8 Å². The topological polar surface area (TPSA) is 41.6 Å². The summed E-state index contributed by atoms with van der Waals surface area (Å²) in [7, 11) is 0. The molecule has 2 aromatic rings. The fourth-order valence-electron chi connectivity index (χ4n) is 4.51. The molecule has 1 N–H and O–H groups in total. The molecule has 4 heteroatoms. The predicted octanol–water partition coefficient (Wildman–Crippen LogP) is 2.97. The van der Waals surface area contributed by atoms with Crippen molar-refractivity contribution < 1.29 is 9.53 Å². The van der Waals surface area contributed by atoms with Crippen LogP contribution in [-0.2, 0) is 14.9 Å². The maximum atomic E-state index is 13.0. The van der Waals surface area contributed by atoms with Gasteiger partial charge in [0.15, 0.2) is 0 Å². The van der Waals surface area contributed by atoms with Gasteiger partial charge < -0.3 is 15.0 Å². The molecule has 0 spiro atoms. The van der Waals surface area contributed by atoms with E-state index in [1.807, 2.05) is 0 Å². The van der Waals surface area contributed by atoms with E-state index in [9.17, 15) is 4.79 Å². The number of hydrogen-bond donors (Lipinski definition) is 1. The van der Waals surface area contributed by atoms with E-state index in [4.69, 9.17) is 4.74 Å². The molecule has 4 nitrogen and oxygen atoms in total. The number of hydrogen-bond acceptors (Lipinski definition) is 3. The summed E-state index contributed by atoms with van der Waals surface area (Å²) >= 11 is 0. The van der Waals surface area contributed by atoms with Crippen LogP contribution in [0.3, 0.4) is 0 Å². The highest BCUT2D eigenvalue weighted by Crippen LogP contribution is 2.40. The Morgan fingerprint density at radius 1 is 1.07 bits per heavy atom. The summed E-state index contributed by atoms with van der Waals surface area (Å²) in [6, 6.07) is 21.5. The first-order chi connectivity index (χ1) is 13.3. The second kappa shape index (κ2) is 8.24. The second-order valence-electron chi connectivity index (χ2n) is 7.66. The number of morpholine rings is 1. The summed E-state index contributed by atoms with van der Waals surface area (Å²) in [6.07, 6.45) is 2.60. The molecular formula is C23H28N2O2. The lowest BCUT2D eigenvalue weighted by Gasteiger charge is -2.44. The van der Waals surface area contributed by atoms with Gasteiger partial charge in [-0.05, 0) is 24.0 Å². The molecule has 2 heterocycles. The monoisotopic (exact) mass is 364 g/mol. The van der Waals surface area contributed by atoms with Crippen molar-refractivity contribution in [3.8, 4) is 0 Å². The van der Waals surface area contributed by atoms with Crippen LogP contribution in [0.2, 0.25) is 0 Å². The molecule has 27 heavy (non-hydrogen) atoms. The molecule has 142 valence electrons. The largest absolute Gasteiger partial charge is 0.378 e. The third kappa shape index (κ3) is 3.92. The van der Waals surface area contributed by atoms with Gasteiger partial charge in [0.25, 0.3) is 0 Å². The van der Waals surface area contributed by atoms with Gasteiger partial charge in [-0.15, -0.1) is 0 Å². The van der Waals surface area contributed by atoms with Crippen molar-refractivity contribution in [3.63, 3.8) is 0 Å². The fourth-order valence-corrected chi connectivity index (χ4v) is 4.51. The third-order valence-corrected chi connectivity index (χ3v) is 5.92. The molecule has 4 rings (SSSR count). The van der Waals surface area contributed by atoms with E-state index in [2.05, 4.69) is 70.9 Å². The Balaban J connectivity index is 1.59. The van der Waals surface area contributed by atoms with Crippen LogP contribution in [-0.4, -0.2) is 49.7 Å². The van der Waals surface area contributed by atoms with E-state index >= 15 is 0 Å². The molecule has 2 saturated heterocycles. The Morgan fingerprint density at radius 2 is 1.74 bits per heavy atom. The molecule has 0 unspecified atom stereocenters. The Hall–Kier alpha value is -2.17. The zero-order chi connectivity index (χ0) is 18.5. The lowest BCUT2D eigenvalue weighted by molar-refractivity contribution is -0.134. The Bertz CT molecular complexity index is 702. The molecule has 0 aliphatic carbocycles. The van der Waals surface area contributed by atoms with Gasteiger partial charge in [-0.25, -0.2) is 0 Å². The number of nitrogens with one attached hydrogen (secondary N) is 1. The average Bonchev–Trinajstić information content (AvgIpc) is 2.76. The zero-order valence-corrected chi connectivity index (χ0v) is 15.8. The van der Waals surface area contributed by atoms with E-state index in [1.165, 1.54) is 11.1 Å². The molecule has 0 radical (unpaired) electrons. The highest BCUT2D eigenvalue weighted by Gasteiger charge is 2.40. The summed E-state index contributed by atoms with van der Waals surface area (Å²) in [5.74, 6) is 0.230. The first-order valence-corrected chi connectivity index (χ1v) is 9.98. The van der Waals surface area contributed by atoms with Gasteiger partial charge in [-0.1, -0.05) is 60.7 Å². The van der Waals surface area contributed by atoms with Crippen LogP contribution in [0.15, 0.2) is 60.7 Å². The predicted molar refractivity (Wildman–Crippen MR) is 107 cm³/mol. The SMILES string of the molecule is O=C(C[C@@H]1COCCN1)N1CCCC(c2ccccc2)(c2ccccc2)C1. The Kier molecular flexibility index (Phi) is 5.55. The van der Waals surface area contributed by atoms with Crippen LogP contribution in [0.5, 0.6) is 0 Å². The number of piperidine rings is 1. The first-order valence-electron chi connectivity index (χ1n) is 9.98. The van der Waals surface area contributed by atoms with E-state index in [0.717, 1.165) is 39.1 Å². The number of carbonyl (C=O) groups is 1. The summed E-state index contributed by atoms with van der Waals surface area (Å²) in [5.41, 5.74) is 2.47. The fraction of sp³-hybridized carbons (Fsp3) is 0.435. The van der Waals surface area contributed by atoms with E-state index in [1.54, 1.807) is 0 Å². The summed E-state index contributed by atoms with van der Waals surface area (Å²) in [4.78, 5) is 15.1. The van der Waals surface area contributed by atoms with Crippen molar-refractivity contribution in [2.45, 2.75) is 30.7 Å². The van der Waals surface area contributed by atoms with Gasteiger partial charge >= 0.3 is 0 Å². The van der Waals surface area contributed by atoms with Crippen LogP contribution in [0.4, 0.5) is 0 Å². The molecule has 2 aliphatic rings. The number of benzene rings is 2. The highest BCUT2D eigenvalue weighted by molar-refractivity contribution is 5.77. The Labute approximate surface area is 161 Å². The average molecular weight is 364 g/mol. The van der Waals surface area contributed by atoms with Crippen molar-refractivity contribution >= 4 is 5.91 Å². The highest BCUT2D eigenvalue weighted by atomic mass is 16.5. The van der Waals surface area contributed by atoms with E-state index < -0.39 is 0 Å². The molecule has 1 atom stereocenters. The molecule has 0 bridgehead atoms. The number of likely N-dealkylation sites (tertiary alicyclic amines) is 1.